The van der Waals surface area contributed by atoms with Crippen LogP contribution in [0.5, 0.6) is 0 Å². The third-order valence-corrected chi connectivity index (χ3v) is 11.2. The summed E-state index contributed by atoms with van der Waals surface area (Å²) in [6.45, 7) is 2.44. The Kier molecular flexibility index (Phi) is 5.32. The van der Waals surface area contributed by atoms with Gasteiger partial charge in [-0.15, -0.1) is 0 Å². The monoisotopic (exact) mass is 410 g/mol. The molecule has 0 nitrogen and oxygen atoms in total. The summed E-state index contributed by atoms with van der Waals surface area (Å²) in [7, 11) is -0.910. The molecule has 0 radical (unpaired) electrons. The van der Waals surface area contributed by atoms with Crippen molar-refractivity contribution in [2.75, 3.05) is 0 Å². The number of hydrogen-bond donors (Lipinski definition) is 0. The van der Waals surface area contributed by atoms with Crippen molar-refractivity contribution in [1.29, 1.82) is 0 Å². The second-order valence-corrected chi connectivity index (χ2v) is 12.3. The van der Waals surface area contributed by atoms with Crippen molar-refractivity contribution in [3.05, 3.63) is 115 Å². The van der Waals surface area contributed by atoms with Crippen LogP contribution in [0.25, 0.3) is 0 Å². The number of hydrogen-bond acceptors (Lipinski definition) is 0. The molecule has 5 rings (SSSR count). The van der Waals surface area contributed by atoms with E-state index in [9.17, 15) is 0 Å². The van der Waals surface area contributed by atoms with E-state index < -0.39 is 7.92 Å². The first-order valence-electron chi connectivity index (χ1n) is 10.2. The van der Waals surface area contributed by atoms with Crippen molar-refractivity contribution in [1.82, 2.24) is 0 Å². The van der Waals surface area contributed by atoms with E-state index in [1.807, 2.05) is 0 Å². The Morgan fingerprint density at radius 1 is 0.621 bits per heavy atom. The molecule has 0 spiro atoms. The van der Waals surface area contributed by atoms with Crippen molar-refractivity contribution in [2.24, 2.45) is 0 Å². The summed E-state index contributed by atoms with van der Waals surface area (Å²) in [4.78, 5) is 0. The predicted octanol–water partition coefficient (Wildman–Crippen LogP) is 4.82. The van der Waals surface area contributed by atoms with Gasteiger partial charge in [0.15, 0.2) is 0 Å². The smallest absolute Gasteiger partial charge is 0.00707 e. The van der Waals surface area contributed by atoms with E-state index in [2.05, 4.69) is 116 Å². The highest BCUT2D eigenvalue weighted by Gasteiger charge is 2.33. The lowest BCUT2D eigenvalue weighted by Crippen LogP contribution is -2.32. The fourth-order valence-electron chi connectivity index (χ4n) is 4.37. The zero-order chi connectivity index (χ0) is 19.6. The van der Waals surface area contributed by atoms with Gasteiger partial charge < -0.3 is 0 Å². The van der Waals surface area contributed by atoms with Crippen LogP contribution in [0.15, 0.2) is 109 Å². The van der Waals surface area contributed by atoms with Crippen LogP contribution in [0.1, 0.15) is 12.5 Å². The van der Waals surface area contributed by atoms with E-state index >= 15 is 0 Å². The van der Waals surface area contributed by atoms with Crippen LogP contribution in [0.4, 0.5) is 0 Å². The molecule has 29 heavy (non-hydrogen) atoms. The summed E-state index contributed by atoms with van der Waals surface area (Å²) in [5.41, 5.74) is 2.23. The van der Waals surface area contributed by atoms with Crippen LogP contribution in [0.3, 0.4) is 0 Å². The quantitative estimate of drug-likeness (QED) is 0.423. The summed E-state index contributed by atoms with van der Waals surface area (Å²) in [6, 6.07) is 40.5. The van der Waals surface area contributed by atoms with Gasteiger partial charge in [0.25, 0.3) is 0 Å². The molecule has 1 aliphatic rings. The minimum absolute atomic E-state index is 0.335. The van der Waals surface area contributed by atoms with Crippen LogP contribution >= 0.6 is 15.8 Å². The third kappa shape index (κ3) is 3.57. The number of rotatable bonds is 4. The number of fused-ring (bicyclic) bond motifs is 1. The molecule has 0 fully saturated rings. The first kappa shape index (κ1) is 18.7. The fraction of sp³-hybridized carbons (Fsp3) is 0.111. The Labute approximate surface area is 176 Å². The highest BCUT2D eigenvalue weighted by Crippen LogP contribution is 2.48. The Hall–Kier alpha value is -2.26. The largest absolute Gasteiger partial charge is 0.0622 e. The van der Waals surface area contributed by atoms with E-state index in [-0.39, 0.29) is 7.92 Å². The van der Waals surface area contributed by atoms with Crippen molar-refractivity contribution >= 4 is 42.4 Å². The second kappa shape index (κ2) is 8.23. The molecular weight excluding hydrogens is 386 g/mol. The maximum Gasteiger partial charge on any atom is -0.00707 e. The van der Waals surface area contributed by atoms with Gasteiger partial charge in [0.05, 0.1) is 0 Å². The summed E-state index contributed by atoms with van der Waals surface area (Å²) >= 11 is 0. The molecule has 0 aliphatic carbocycles. The van der Waals surface area contributed by atoms with E-state index in [0.29, 0.717) is 5.66 Å². The topological polar surface area (TPSA) is 0 Å². The Morgan fingerprint density at radius 2 is 1.14 bits per heavy atom. The van der Waals surface area contributed by atoms with E-state index in [0.717, 1.165) is 0 Å². The molecule has 4 aromatic carbocycles. The lowest BCUT2D eigenvalue weighted by atomic mass is 10.1. The average molecular weight is 410 g/mol. The molecule has 1 heterocycles. The van der Waals surface area contributed by atoms with Gasteiger partial charge in [-0.2, -0.15) is 0 Å². The maximum absolute atomic E-state index is 2.44. The molecule has 2 atom stereocenters. The average Bonchev–Trinajstić information content (AvgIpc) is 3.11. The lowest BCUT2D eigenvalue weighted by Gasteiger charge is -2.27. The van der Waals surface area contributed by atoms with Crippen molar-refractivity contribution < 1.29 is 0 Å². The van der Waals surface area contributed by atoms with Gasteiger partial charge in [0.1, 0.15) is 0 Å². The molecule has 2 heteroatoms. The molecule has 142 valence electrons. The lowest BCUT2D eigenvalue weighted by molar-refractivity contribution is 0.962. The Balaban J connectivity index is 1.70. The van der Waals surface area contributed by atoms with Gasteiger partial charge in [-0.3, -0.25) is 0 Å². The molecule has 0 saturated heterocycles. The first-order valence-corrected chi connectivity index (χ1v) is 12.9. The van der Waals surface area contributed by atoms with Gasteiger partial charge in [-0.05, 0) is 60.0 Å². The minimum atomic E-state index is -0.575. The zero-order valence-electron chi connectivity index (χ0n) is 16.6. The summed E-state index contributed by atoms with van der Waals surface area (Å²) in [5, 5.41) is 7.53. The van der Waals surface area contributed by atoms with Crippen molar-refractivity contribution in [3.8, 4) is 0 Å². The summed E-state index contributed by atoms with van der Waals surface area (Å²) in [5.74, 6) is 0. The first-order chi connectivity index (χ1) is 14.3. The van der Waals surface area contributed by atoms with Crippen LogP contribution in [-0.4, -0.2) is 5.66 Å². The SMILES string of the molecule is CC1Cc2ccccc2P1c1ccccc1P(c1ccccc1)c1ccccc1. The van der Waals surface area contributed by atoms with Crippen LogP contribution in [0, 0.1) is 0 Å². The standard InChI is InChI=1S/C27H24P2/c1-21-20-22-12-8-9-17-25(22)28(21)26-18-10-11-19-27(26)29(23-13-4-2-5-14-23)24-15-6-3-7-16-24/h2-19,21H,20H2,1H3. The van der Waals surface area contributed by atoms with Gasteiger partial charge in [-0.25, -0.2) is 0 Å². The van der Waals surface area contributed by atoms with Gasteiger partial charge in [0.2, 0.25) is 0 Å². The van der Waals surface area contributed by atoms with E-state index in [1.165, 1.54) is 22.3 Å². The molecule has 0 bridgehead atoms. The summed E-state index contributed by atoms with van der Waals surface area (Å²) < 4.78 is 0. The van der Waals surface area contributed by atoms with Crippen LogP contribution < -0.4 is 26.5 Å². The predicted molar refractivity (Wildman–Crippen MR) is 131 cm³/mol. The third-order valence-electron chi connectivity index (χ3n) is 5.62. The van der Waals surface area contributed by atoms with Crippen molar-refractivity contribution in [2.45, 2.75) is 19.0 Å². The maximum atomic E-state index is 2.44. The summed E-state index contributed by atoms with van der Waals surface area (Å²) in [6.07, 6.45) is 1.20. The zero-order valence-corrected chi connectivity index (χ0v) is 18.4. The van der Waals surface area contributed by atoms with Crippen LogP contribution in [0.2, 0.25) is 0 Å². The van der Waals surface area contributed by atoms with E-state index in [1.54, 1.807) is 16.2 Å². The second-order valence-electron chi connectivity index (χ2n) is 7.55. The Morgan fingerprint density at radius 3 is 1.79 bits per heavy atom. The van der Waals surface area contributed by atoms with Crippen molar-refractivity contribution in [3.63, 3.8) is 0 Å². The molecule has 0 N–H and O–H groups in total. The molecule has 0 aromatic heterocycles. The van der Waals surface area contributed by atoms with Gasteiger partial charge in [-0.1, -0.05) is 116 Å². The van der Waals surface area contributed by atoms with Gasteiger partial charge >= 0.3 is 0 Å². The highest BCUT2D eigenvalue weighted by molar-refractivity contribution is 7.83. The van der Waals surface area contributed by atoms with E-state index in [4.69, 9.17) is 0 Å². The van der Waals surface area contributed by atoms with Gasteiger partial charge in [0, 0.05) is 0 Å². The number of benzene rings is 4. The molecule has 4 aromatic rings. The molecular formula is C27H24P2. The fourth-order valence-corrected chi connectivity index (χ4v) is 10.2. The molecule has 1 aliphatic heterocycles. The molecule has 2 unspecified atom stereocenters. The molecule has 0 saturated carbocycles. The minimum Gasteiger partial charge on any atom is -0.0622 e. The highest BCUT2D eigenvalue weighted by atomic mass is 31.1. The molecule has 0 amide bonds. The van der Waals surface area contributed by atoms with Crippen LogP contribution in [-0.2, 0) is 6.42 Å². The normalized spacial score (nSPS) is 18.0. The Bertz CT molecular complexity index is 1070.